The van der Waals surface area contributed by atoms with Crippen LogP contribution in [0.25, 0.3) is 0 Å². The highest BCUT2D eigenvalue weighted by atomic mass is 79.9. The molecule has 2 heterocycles. The van der Waals surface area contributed by atoms with Gasteiger partial charge >= 0.3 is 0 Å². The topological polar surface area (TPSA) is 46.3 Å². The van der Waals surface area contributed by atoms with E-state index < -0.39 is 0 Å². The van der Waals surface area contributed by atoms with Gasteiger partial charge in [0.25, 0.3) is 5.91 Å². The van der Waals surface area contributed by atoms with Crippen LogP contribution in [-0.2, 0) is 0 Å². The van der Waals surface area contributed by atoms with Crippen LogP contribution in [0.1, 0.15) is 23.2 Å². The second-order valence-corrected chi connectivity index (χ2v) is 8.86. The van der Waals surface area contributed by atoms with Gasteiger partial charge in [-0.3, -0.25) is 4.79 Å². The zero-order valence-electron chi connectivity index (χ0n) is 9.73. The maximum absolute atomic E-state index is 12.5. The molecular weight excluding hydrogens is 380 g/mol. The Morgan fingerprint density at radius 2 is 2.17 bits per heavy atom. The monoisotopic (exact) mass is 392 g/mol. The summed E-state index contributed by atoms with van der Waals surface area (Å²) < 4.78 is 1.88. The van der Waals surface area contributed by atoms with E-state index in [9.17, 15) is 4.79 Å². The van der Waals surface area contributed by atoms with E-state index in [4.69, 9.17) is 5.73 Å². The van der Waals surface area contributed by atoms with E-state index in [1.54, 1.807) is 0 Å². The van der Waals surface area contributed by atoms with Gasteiger partial charge in [-0.2, -0.15) is 0 Å². The first kappa shape index (κ1) is 13.1. The van der Waals surface area contributed by atoms with E-state index in [0.29, 0.717) is 11.8 Å². The van der Waals surface area contributed by atoms with Crippen LogP contribution in [0.4, 0.5) is 0 Å². The zero-order valence-corrected chi connectivity index (χ0v) is 13.7. The van der Waals surface area contributed by atoms with Crippen LogP contribution in [0, 0.1) is 11.8 Å². The number of hydrogen-bond acceptors (Lipinski definition) is 3. The average Bonchev–Trinajstić information content (AvgIpc) is 2.96. The van der Waals surface area contributed by atoms with Gasteiger partial charge < -0.3 is 10.6 Å². The number of thiophene rings is 1. The number of halogens is 2. The lowest BCUT2D eigenvalue weighted by Gasteiger charge is -2.18. The first-order chi connectivity index (χ1) is 8.56. The van der Waals surface area contributed by atoms with Gasteiger partial charge in [0.15, 0.2) is 0 Å². The largest absolute Gasteiger partial charge is 0.338 e. The van der Waals surface area contributed by atoms with Crippen molar-refractivity contribution in [1.29, 1.82) is 0 Å². The summed E-state index contributed by atoms with van der Waals surface area (Å²) in [5.41, 5.74) is 6.87. The van der Waals surface area contributed by atoms with Crippen molar-refractivity contribution >= 4 is 49.1 Å². The van der Waals surface area contributed by atoms with Crippen LogP contribution in [0.2, 0.25) is 0 Å². The number of carbonyl (C=O) groups is 1. The number of carbonyl (C=O) groups excluding carboxylic acids is 1. The molecular formula is C12H14Br2N2OS. The predicted molar refractivity (Wildman–Crippen MR) is 79.8 cm³/mol. The molecule has 98 valence electrons. The Kier molecular flexibility index (Phi) is 3.55. The van der Waals surface area contributed by atoms with Gasteiger partial charge in [0.2, 0.25) is 0 Å². The standard InChI is InChI=1S/C12H14Br2N2OS/c13-10-3-7(11(14)18-10)12(17)16-4-6-1-2-9(15)8(6)5-16/h3,6,8-9H,1-2,4-5,15H2. The van der Waals surface area contributed by atoms with E-state index in [2.05, 4.69) is 31.9 Å². The number of likely N-dealkylation sites (tertiary alicyclic amines) is 1. The SMILES string of the molecule is NC1CCC2CN(C(=O)c3cc(Br)sc3Br)CC12. The minimum absolute atomic E-state index is 0.130. The summed E-state index contributed by atoms with van der Waals surface area (Å²) in [6.07, 6.45) is 2.29. The van der Waals surface area contributed by atoms with E-state index >= 15 is 0 Å². The van der Waals surface area contributed by atoms with Crippen LogP contribution in [0.3, 0.4) is 0 Å². The molecule has 1 saturated carbocycles. The van der Waals surface area contributed by atoms with Crippen molar-refractivity contribution < 1.29 is 4.79 Å². The van der Waals surface area contributed by atoms with Gasteiger partial charge in [0.1, 0.15) is 0 Å². The number of amides is 1. The first-order valence-corrected chi connectivity index (χ1v) is 8.46. The van der Waals surface area contributed by atoms with E-state index in [0.717, 1.165) is 32.6 Å². The molecule has 2 fully saturated rings. The summed E-state index contributed by atoms with van der Waals surface area (Å²) in [6, 6.07) is 2.18. The zero-order chi connectivity index (χ0) is 12.9. The van der Waals surface area contributed by atoms with Gasteiger partial charge in [0, 0.05) is 19.1 Å². The van der Waals surface area contributed by atoms with Crippen LogP contribution < -0.4 is 5.73 Å². The molecule has 1 aliphatic carbocycles. The molecule has 3 unspecified atom stereocenters. The fourth-order valence-electron chi connectivity index (χ4n) is 3.13. The van der Waals surface area contributed by atoms with Crippen molar-refractivity contribution in [2.45, 2.75) is 18.9 Å². The summed E-state index contributed by atoms with van der Waals surface area (Å²) in [5.74, 6) is 1.25. The van der Waals surface area contributed by atoms with Crippen molar-refractivity contribution in [2.75, 3.05) is 13.1 Å². The normalized spacial score (nSPS) is 30.8. The van der Waals surface area contributed by atoms with E-state index in [1.807, 2.05) is 11.0 Å². The van der Waals surface area contributed by atoms with E-state index in [-0.39, 0.29) is 11.9 Å². The summed E-state index contributed by atoms with van der Waals surface area (Å²) in [4.78, 5) is 14.4. The molecule has 1 aromatic rings. The highest BCUT2D eigenvalue weighted by Gasteiger charge is 2.42. The minimum atomic E-state index is 0.130. The molecule has 1 aliphatic heterocycles. The fourth-order valence-corrected chi connectivity index (χ4v) is 5.91. The van der Waals surface area contributed by atoms with Crippen molar-refractivity contribution in [1.82, 2.24) is 4.90 Å². The molecule has 3 rings (SSSR count). The molecule has 1 aromatic heterocycles. The Hall–Kier alpha value is 0.0900. The highest BCUT2D eigenvalue weighted by molar-refractivity contribution is 9.12. The number of rotatable bonds is 1. The maximum Gasteiger partial charge on any atom is 0.255 e. The lowest BCUT2D eigenvalue weighted by molar-refractivity contribution is 0.0779. The molecule has 0 radical (unpaired) electrons. The quantitative estimate of drug-likeness (QED) is 0.796. The third-order valence-corrected chi connectivity index (χ3v) is 6.43. The van der Waals surface area contributed by atoms with Crippen molar-refractivity contribution in [3.8, 4) is 0 Å². The summed E-state index contributed by atoms with van der Waals surface area (Å²) in [6.45, 7) is 1.70. The predicted octanol–water partition coefficient (Wildman–Crippen LogP) is 3.08. The van der Waals surface area contributed by atoms with Gasteiger partial charge in [-0.1, -0.05) is 0 Å². The Balaban J connectivity index is 1.77. The van der Waals surface area contributed by atoms with Crippen molar-refractivity contribution in [3.63, 3.8) is 0 Å². The Morgan fingerprint density at radius 1 is 1.39 bits per heavy atom. The first-order valence-electron chi connectivity index (χ1n) is 6.06. The molecule has 2 aliphatic rings. The van der Waals surface area contributed by atoms with Gasteiger partial charge in [-0.15, -0.1) is 11.3 Å². The highest BCUT2D eigenvalue weighted by Crippen LogP contribution is 2.39. The molecule has 2 N–H and O–H groups in total. The van der Waals surface area contributed by atoms with E-state index in [1.165, 1.54) is 17.8 Å². The lowest BCUT2D eigenvalue weighted by Crippen LogP contribution is -2.33. The Bertz CT molecular complexity index is 490. The van der Waals surface area contributed by atoms with Crippen molar-refractivity contribution in [2.24, 2.45) is 17.6 Å². The molecule has 0 spiro atoms. The lowest BCUT2D eigenvalue weighted by atomic mass is 9.98. The molecule has 18 heavy (non-hydrogen) atoms. The third-order valence-electron chi connectivity index (χ3n) is 4.09. The molecule has 3 atom stereocenters. The number of fused-ring (bicyclic) bond motifs is 1. The molecule has 1 amide bonds. The van der Waals surface area contributed by atoms with Gasteiger partial charge in [0.05, 0.1) is 13.1 Å². The van der Waals surface area contributed by atoms with Crippen LogP contribution in [-0.4, -0.2) is 29.9 Å². The summed E-state index contributed by atoms with van der Waals surface area (Å²) in [5, 5.41) is 0. The third kappa shape index (κ3) is 2.17. The number of hydrogen-bond donors (Lipinski definition) is 1. The molecule has 0 bridgehead atoms. The van der Waals surface area contributed by atoms with Crippen molar-refractivity contribution in [3.05, 3.63) is 19.2 Å². The summed E-state index contributed by atoms with van der Waals surface area (Å²) in [7, 11) is 0. The fraction of sp³-hybridized carbons (Fsp3) is 0.583. The second-order valence-electron chi connectivity index (χ2n) is 5.11. The minimum Gasteiger partial charge on any atom is -0.338 e. The molecule has 0 aromatic carbocycles. The number of nitrogens with zero attached hydrogens (tertiary/aromatic N) is 1. The smallest absolute Gasteiger partial charge is 0.255 e. The summed E-state index contributed by atoms with van der Waals surface area (Å²) >= 11 is 8.41. The second kappa shape index (κ2) is 4.89. The Labute approximate surface area is 127 Å². The number of nitrogens with two attached hydrogens (primary N) is 1. The van der Waals surface area contributed by atoms with Crippen LogP contribution in [0.15, 0.2) is 13.6 Å². The molecule has 6 heteroatoms. The van der Waals surface area contributed by atoms with Gasteiger partial charge in [-0.25, -0.2) is 0 Å². The maximum atomic E-state index is 12.5. The Morgan fingerprint density at radius 3 is 2.78 bits per heavy atom. The molecule has 1 saturated heterocycles. The van der Waals surface area contributed by atoms with Crippen LogP contribution >= 0.6 is 43.2 Å². The van der Waals surface area contributed by atoms with Crippen LogP contribution in [0.5, 0.6) is 0 Å². The van der Waals surface area contributed by atoms with Gasteiger partial charge in [-0.05, 0) is 62.6 Å². The average molecular weight is 394 g/mol. The molecule has 3 nitrogen and oxygen atoms in total.